The van der Waals surface area contributed by atoms with Gasteiger partial charge in [-0.05, 0) is 48.4 Å². The van der Waals surface area contributed by atoms with Crippen LogP contribution in [0.2, 0.25) is 0 Å². The Morgan fingerprint density at radius 2 is 1.56 bits per heavy atom. The highest BCUT2D eigenvalue weighted by Crippen LogP contribution is 2.34. The Kier molecular flexibility index (Phi) is 6.06. The zero-order valence-corrected chi connectivity index (χ0v) is 19.1. The lowest BCUT2D eigenvalue weighted by Crippen LogP contribution is -2.49. The van der Waals surface area contributed by atoms with Crippen LogP contribution >= 0.6 is 11.3 Å². The van der Waals surface area contributed by atoms with Crippen molar-refractivity contribution in [3.63, 3.8) is 0 Å². The number of fused-ring (bicyclic) bond motifs is 1. The van der Waals surface area contributed by atoms with Crippen molar-refractivity contribution in [2.24, 2.45) is 0 Å². The van der Waals surface area contributed by atoms with E-state index in [9.17, 15) is 13.6 Å². The van der Waals surface area contributed by atoms with Gasteiger partial charge in [0.05, 0.1) is 0 Å². The number of carbonyl (C=O) groups excluding carboxylic acids is 1. The third-order valence-corrected chi connectivity index (χ3v) is 6.82. The van der Waals surface area contributed by atoms with E-state index >= 15 is 0 Å². The highest BCUT2D eigenvalue weighted by molar-refractivity contribution is 7.21. The average molecular weight is 481 g/mol. The predicted molar refractivity (Wildman–Crippen MR) is 129 cm³/mol. The topological polar surface area (TPSA) is 88.2 Å². The Balaban J connectivity index is 1.28. The number of halogens is 2. The monoisotopic (exact) mass is 480 g/mol. The van der Waals surface area contributed by atoms with Gasteiger partial charge < -0.3 is 15.5 Å². The molecule has 1 saturated heterocycles. The summed E-state index contributed by atoms with van der Waals surface area (Å²) in [6, 6.07) is 12.4. The number of rotatable bonds is 5. The number of hydrogen-bond acceptors (Lipinski definition) is 7. The number of hydrogen-bond donors (Lipinski definition) is 1. The van der Waals surface area contributed by atoms with Crippen molar-refractivity contribution in [2.75, 3.05) is 36.8 Å². The van der Waals surface area contributed by atoms with E-state index in [4.69, 9.17) is 10.7 Å². The van der Waals surface area contributed by atoms with Gasteiger partial charge in [0.25, 0.3) is 0 Å². The third-order valence-electron chi connectivity index (χ3n) is 5.82. The van der Waals surface area contributed by atoms with Crippen LogP contribution in [0.25, 0.3) is 20.9 Å². The van der Waals surface area contributed by atoms with Crippen LogP contribution in [0, 0.1) is 11.6 Å². The number of nitrogen functional groups attached to an aromatic ring is 1. The molecule has 0 unspecified atom stereocenters. The number of nitrogens with zero attached hydrogens (tertiary/aromatic N) is 5. The van der Waals surface area contributed by atoms with Crippen molar-refractivity contribution in [1.82, 2.24) is 19.9 Å². The molecule has 0 saturated carbocycles. The van der Waals surface area contributed by atoms with Crippen molar-refractivity contribution < 1.29 is 13.6 Å². The summed E-state index contributed by atoms with van der Waals surface area (Å²) in [6.45, 7) is 2.31. The van der Waals surface area contributed by atoms with Crippen molar-refractivity contribution in [3.8, 4) is 10.6 Å². The Labute approximate surface area is 198 Å². The number of carbonyl (C=O) groups is 1. The van der Waals surface area contributed by atoms with Crippen LogP contribution in [-0.2, 0) is 11.2 Å². The number of amides is 1. The fraction of sp³-hybridized carbons (Fsp3) is 0.250. The first kappa shape index (κ1) is 22.1. The van der Waals surface area contributed by atoms with Gasteiger partial charge in [0, 0.05) is 38.2 Å². The molecule has 174 valence electrons. The van der Waals surface area contributed by atoms with Crippen molar-refractivity contribution >= 4 is 39.4 Å². The molecule has 0 spiro atoms. The molecule has 10 heteroatoms. The van der Waals surface area contributed by atoms with Crippen LogP contribution in [0.15, 0.2) is 48.5 Å². The van der Waals surface area contributed by atoms with Gasteiger partial charge in [0.1, 0.15) is 22.2 Å². The van der Waals surface area contributed by atoms with Crippen molar-refractivity contribution in [1.29, 1.82) is 0 Å². The van der Waals surface area contributed by atoms with E-state index in [1.54, 1.807) is 24.3 Å². The molecule has 0 aliphatic carbocycles. The van der Waals surface area contributed by atoms with E-state index in [0.717, 1.165) is 11.1 Å². The molecular formula is C24H22F2N6OS. The quantitative estimate of drug-likeness (QED) is 0.466. The average Bonchev–Trinajstić information content (AvgIpc) is 3.27. The summed E-state index contributed by atoms with van der Waals surface area (Å²) >= 11 is 1.38. The van der Waals surface area contributed by atoms with E-state index < -0.39 is 0 Å². The standard InChI is InChI=1S/C24H22F2N6OS/c25-17-6-1-15(2-7-17)3-10-19(33)31-11-13-32(14-12-31)21-20-23(30-24(27)29-21)34-22(28-20)16-4-8-18(26)9-5-16/h1-2,4-9H,3,10-14H2,(H2,27,29,30). The second kappa shape index (κ2) is 9.30. The zero-order valence-electron chi connectivity index (χ0n) is 18.2. The fourth-order valence-electron chi connectivity index (χ4n) is 3.99. The molecule has 7 nitrogen and oxygen atoms in total. The molecule has 4 aromatic rings. The third kappa shape index (κ3) is 4.67. The molecule has 1 amide bonds. The van der Waals surface area contributed by atoms with Gasteiger partial charge in [-0.15, -0.1) is 0 Å². The molecular weight excluding hydrogens is 458 g/mol. The molecule has 2 aromatic heterocycles. The Hall–Kier alpha value is -3.66. The van der Waals surface area contributed by atoms with E-state index in [-0.39, 0.29) is 23.5 Å². The maximum Gasteiger partial charge on any atom is 0.223 e. The summed E-state index contributed by atoms with van der Waals surface area (Å²) in [4.78, 5) is 30.7. The van der Waals surface area contributed by atoms with Crippen LogP contribution in [0.5, 0.6) is 0 Å². The first-order valence-corrected chi connectivity index (χ1v) is 11.7. The van der Waals surface area contributed by atoms with Crippen LogP contribution in [0.4, 0.5) is 20.5 Å². The zero-order chi connectivity index (χ0) is 23.7. The lowest BCUT2D eigenvalue weighted by atomic mass is 10.1. The van der Waals surface area contributed by atoms with Crippen LogP contribution in [0.3, 0.4) is 0 Å². The molecule has 1 aliphatic heterocycles. The minimum Gasteiger partial charge on any atom is -0.368 e. The second-order valence-corrected chi connectivity index (χ2v) is 9.06. The van der Waals surface area contributed by atoms with E-state index in [1.807, 2.05) is 4.90 Å². The van der Waals surface area contributed by atoms with Gasteiger partial charge in [0.2, 0.25) is 11.9 Å². The normalized spacial score (nSPS) is 14.1. The molecule has 34 heavy (non-hydrogen) atoms. The van der Waals surface area contributed by atoms with Crippen molar-refractivity contribution in [2.45, 2.75) is 12.8 Å². The molecule has 0 radical (unpaired) electrons. The van der Waals surface area contributed by atoms with Crippen LogP contribution in [0.1, 0.15) is 12.0 Å². The number of aromatic nitrogens is 3. The molecule has 1 fully saturated rings. The second-order valence-electron chi connectivity index (χ2n) is 8.08. The minimum absolute atomic E-state index is 0.0728. The SMILES string of the molecule is Nc1nc(N2CCN(C(=O)CCc3ccc(F)cc3)CC2)c2nc(-c3ccc(F)cc3)sc2n1. The number of piperazine rings is 1. The number of thiazole rings is 1. The lowest BCUT2D eigenvalue weighted by molar-refractivity contribution is -0.131. The highest BCUT2D eigenvalue weighted by Gasteiger charge is 2.25. The van der Waals surface area contributed by atoms with Gasteiger partial charge in [0.15, 0.2) is 10.6 Å². The van der Waals surface area contributed by atoms with Crippen LogP contribution < -0.4 is 10.6 Å². The largest absolute Gasteiger partial charge is 0.368 e. The molecule has 0 atom stereocenters. The molecule has 1 aliphatic rings. The Bertz CT molecular complexity index is 1320. The summed E-state index contributed by atoms with van der Waals surface area (Å²) in [7, 11) is 0. The Morgan fingerprint density at radius 3 is 2.24 bits per heavy atom. The molecule has 0 bridgehead atoms. The number of nitrogens with two attached hydrogens (primary N) is 1. The smallest absolute Gasteiger partial charge is 0.223 e. The highest BCUT2D eigenvalue weighted by atomic mass is 32.1. The van der Waals surface area contributed by atoms with E-state index in [0.29, 0.717) is 60.2 Å². The predicted octanol–water partition coefficient (Wildman–Crippen LogP) is 3.90. The summed E-state index contributed by atoms with van der Waals surface area (Å²) in [6.07, 6.45) is 0.955. The van der Waals surface area contributed by atoms with Gasteiger partial charge in [-0.1, -0.05) is 23.5 Å². The van der Waals surface area contributed by atoms with E-state index in [1.165, 1.54) is 35.6 Å². The van der Waals surface area contributed by atoms with Crippen LogP contribution in [-0.4, -0.2) is 51.9 Å². The molecule has 5 rings (SSSR count). The summed E-state index contributed by atoms with van der Waals surface area (Å²) in [5.74, 6) is 0.291. The lowest BCUT2D eigenvalue weighted by Gasteiger charge is -2.35. The fourth-order valence-corrected chi connectivity index (χ4v) is 4.94. The minimum atomic E-state index is -0.306. The molecule has 2 aromatic carbocycles. The number of benzene rings is 2. The summed E-state index contributed by atoms with van der Waals surface area (Å²) in [5, 5.41) is 0.714. The first-order valence-electron chi connectivity index (χ1n) is 10.9. The van der Waals surface area contributed by atoms with Gasteiger partial charge in [-0.3, -0.25) is 4.79 Å². The maximum atomic E-state index is 13.3. The van der Waals surface area contributed by atoms with Crippen molar-refractivity contribution in [3.05, 3.63) is 65.7 Å². The number of anilines is 2. The summed E-state index contributed by atoms with van der Waals surface area (Å²) in [5.41, 5.74) is 8.35. The Morgan fingerprint density at radius 1 is 0.912 bits per heavy atom. The maximum absolute atomic E-state index is 13.3. The van der Waals surface area contributed by atoms with E-state index in [2.05, 4.69) is 14.9 Å². The van der Waals surface area contributed by atoms with Gasteiger partial charge in [-0.2, -0.15) is 4.98 Å². The van der Waals surface area contributed by atoms with Gasteiger partial charge in [-0.25, -0.2) is 18.7 Å². The van der Waals surface area contributed by atoms with Gasteiger partial charge >= 0.3 is 0 Å². The molecule has 2 N–H and O–H groups in total. The summed E-state index contributed by atoms with van der Waals surface area (Å²) < 4.78 is 26.4. The number of aryl methyl sites for hydroxylation is 1. The molecule has 3 heterocycles. The first-order chi connectivity index (χ1) is 16.5.